The summed E-state index contributed by atoms with van der Waals surface area (Å²) in [6.07, 6.45) is 2.61. The number of hydrogen-bond acceptors (Lipinski definition) is 3. The van der Waals surface area contributed by atoms with Crippen LogP contribution < -0.4 is 0 Å². The van der Waals surface area contributed by atoms with Crippen molar-refractivity contribution >= 4 is 0 Å². The lowest BCUT2D eigenvalue weighted by molar-refractivity contribution is -0.0344. The van der Waals surface area contributed by atoms with Gasteiger partial charge in [-0.25, -0.2) is 0 Å². The largest absolute Gasteiger partial charge is 0.379 e. The van der Waals surface area contributed by atoms with Crippen LogP contribution in [-0.4, -0.2) is 37.7 Å². The van der Waals surface area contributed by atoms with Crippen molar-refractivity contribution in [1.82, 2.24) is 4.90 Å². The highest BCUT2D eigenvalue weighted by atomic mass is 16.5. The van der Waals surface area contributed by atoms with Gasteiger partial charge in [0.1, 0.15) is 0 Å². The van der Waals surface area contributed by atoms with Crippen LogP contribution >= 0.6 is 0 Å². The molecule has 0 radical (unpaired) electrons. The summed E-state index contributed by atoms with van der Waals surface area (Å²) in [5.74, 6) is 0. The third-order valence-electron chi connectivity index (χ3n) is 2.87. The van der Waals surface area contributed by atoms with Gasteiger partial charge in [0.25, 0.3) is 0 Å². The second-order valence-corrected chi connectivity index (χ2v) is 3.94. The van der Waals surface area contributed by atoms with Crippen molar-refractivity contribution in [2.45, 2.75) is 18.9 Å². The Hall–Kier alpha value is -0.590. The molecule has 12 heavy (non-hydrogen) atoms. The van der Waals surface area contributed by atoms with E-state index in [1.165, 1.54) is 0 Å². The van der Waals surface area contributed by atoms with Crippen molar-refractivity contribution in [3.8, 4) is 6.07 Å². The summed E-state index contributed by atoms with van der Waals surface area (Å²) >= 11 is 0. The first-order valence-electron chi connectivity index (χ1n) is 4.44. The Morgan fingerprint density at radius 2 is 2.25 bits per heavy atom. The van der Waals surface area contributed by atoms with Gasteiger partial charge in [-0.2, -0.15) is 5.26 Å². The zero-order valence-corrected chi connectivity index (χ0v) is 7.42. The molecular formula is C9H14N2O. The van der Waals surface area contributed by atoms with E-state index in [4.69, 9.17) is 10.00 Å². The summed E-state index contributed by atoms with van der Waals surface area (Å²) in [6, 6.07) is 2.40. The van der Waals surface area contributed by atoms with Gasteiger partial charge in [0, 0.05) is 26.7 Å². The molecule has 2 aliphatic rings. The molecule has 2 fully saturated rings. The molecule has 1 saturated heterocycles. The molecule has 0 bridgehead atoms. The van der Waals surface area contributed by atoms with Crippen LogP contribution in [0.25, 0.3) is 0 Å². The molecule has 66 valence electrons. The average Bonchev–Trinajstić information content (AvgIpc) is 2.77. The Morgan fingerprint density at radius 1 is 1.58 bits per heavy atom. The van der Waals surface area contributed by atoms with Crippen LogP contribution in [0.2, 0.25) is 0 Å². The van der Waals surface area contributed by atoms with E-state index in [0.717, 1.165) is 32.5 Å². The predicted molar refractivity (Wildman–Crippen MR) is 44.5 cm³/mol. The summed E-state index contributed by atoms with van der Waals surface area (Å²) in [7, 11) is 1.75. The Balaban J connectivity index is 1.74. The standard InChI is InChI=1S/C9H14N2O/c1-12-8-4-11(5-8)7-9(6-10)2-3-9/h8H,2-5,7H2,1H3. The quantitative estimate of drug-likeness (QED) is 0.616. The molecule has 0 N–H and O–H groups in total. The Bertz CT molecular complexity index is 211. The molecule has 0 atom stereocenters. The molecule has 1 aliphatic carbocycles. The third kappa shape index (κ3) is 1.33. The fraction of sp³-hybridized carbons (Fsp3) is 0.889. The lowest BCUT2D eigenvalue weighted by Crippen LogP contribution is -2.53. The van der Waals surface area contributed by atoms with Crippen LogP contribution in [0.1, 0.15) is 12.8 Å². The molecule has 0 spiro atoms. The highest BCUT2D eigenvalue weighted by Crippen LogP contribution is 2.46. The topological polar surface area (TPSA) is 36.3 Å². The number of rotatable bonds is 3. The van der Waals surface area contributed by atoms with E-state index in [1.807, 2.05) is 0 Å². The number of methoxy groups -OCH3 is 1. The van der Waals surface area contributed by atoms with Crippen molar-refractivity contribution in [2.24, 2.45) is 5.41 Å². The zero-order chi connectivity index (χ0) is 8.60. The maximum absolute atomic E-state index is 8.84. The van der Waals surface area contributed by atoms with Gasteiger partial charge in [-0.15, -0.1) is 0 Å². The van der Waals surface area contributed by atoms with Crippen LogP contribution in [0.5, 0.6) is 0 Å². The van der Waals surface area contributed by atoms with E-state index in [2.05, 4.69) is 11.0 Å². The average molecular weight is 166 g/mol. The molecule has 0 unspecified atom stereocenters. The van der Waals surface area contributed by atoms with Gasteiger partial charge >= 0.3 is 0 Å². The van der Waals surface area contributed by atoms with Gasteiger partial charge in [-0.1, -0.05) is 0 Å². The maximum Gasteiger partial charge on any atom is 0.0824 e. The summed E-state index contributed by atoms with van der Waals surface area (Å²) in [4.78, 5) is 2.31. The molecule has 1 aliphatic heterocycles. The molecule has 1 heterocycles. The smallest absolute Gasteiger partial charge is 0.0824 e. The van der Waals surface area contributed by atoms with E-state index >= 15 is 0 Å². The number of nitriles is 1. The van der Waals surface area contributed by atoms with E-state index < -0.39 is 0 Å². The second kappa shape index (κ2) is 2.72. The van der Waals surface area contributed by atoms with Crippen molar-refractivity contribution < 1.29 is 4.74 Å². The van der Waals surface area contributed by atoms with Crippen LogP contribution in [0, 0.1) is 16.7 Å². The second-order valence-electron chi connectivity index (χ2n) is 3.94. The molecule has 0 amide bonds. The molecule has 3 nitrogen and oxygen atoms in total. The van der Waals surface area contributed by atoms with E-state index in [0.29, 0.717) is 6.10 Å². The minimum absolute atomic E-state index is 0.0265. The monoisotopic (exact) mass is 166 g/mol. The van der Waals surface area contributed by atoms with Gasteiger partial charge < -0.3 is 4.74 Å². The van der Waals surface area contributed by atoms with Crippen LogP contribution in [0.4, 0.5) is 0 Å². The Morgan fingerprint density at radius 3 is 2.67 bits per heavy atom. The number of likely N-dealkylation sites (tertiary alicyclic amines) is 1. The third-order valence-corrected chi connectivity index (χ3v) is 2.87. The van der Waals surface area contributed by atoms with Crippen LogP contribution in [0.3, 0.4) is 0 Å². The van der Waals surface area contributed by atoms with Crippen LogP contribution in [0.15, 0.2) is 0 Å². The van der Waals surface area contributed by atoms with E-state index in [9.17, 15) is 0 Å². The van der Waals surface area contributed by atoms with Crippen LogP contribution in [-0.2, 0) is 4.74 Å². The number of ether oxygens (including phenoxy) is 1. The molecule has 2 rings (SSSR count). The molecule has 3 heteroatoms. The highest BCUT2D eigenvalue weighted by Gasteiger charge is 2.46. The predicted octanol–water partition coefficient (Wildman–Crippen LogP) is 0.621. The molecule has 1 saturated carbocycles. The van der Waals surface area contributed by atoms with Crippen molar-refractivity contribution in [2.75, 3.05) is 26.7 Å². The first-order chi connectivity index (χ1) is 5.78. The first kappa shape index (κ1) is 8.03. The fourth-order valence-electron chi connectivity index (χ4n) is 1.68. The first-order valence-corrected chi connectivity index (χ1v) is 4.44. The molecule has 0 aromatic carbocycles. The summed E-state index contributed by atoms with van der Waals surface area (Å²) in [6.45, 7) is 2.99. The number of nitrogens with zero attached hydrogens (tertiary/aromatic N) is 2. The SMILES string of the molecule is COC1CN(CC2(C#N)CC2)C1. The van der Waals surface area contributed by atoms with Crippen molar-refractivity contribution in [1.29, 1.82) is 5.26 Å². The molecular weight excluding hydrogens is 152 g/mol. The maximum atomic E-state index is 8.84. The normalized spacial score (nSPS) is 27.7. The van der Waals surface area contributed by atoms with Crippen molar-refractivity contribution in [3.05, 3.63) is 0 Å². The summed E-state index contributed by atoms with van der Waals surface area (Å²) in [5.41, 5.74) is 0.0265. The highest BCUT2D eigenvalue weighted by molar-refractivity contribution is 5.12. The minimum Gasteiger partial charge on any atom is -0.379 e. The Labute approximate surface area is 72.9 Å². The molecule has 0 aromatic heterocycles. The molecule has 0 aromatic rings. The van der Waals surface area contributed by atoms with E-state index in [-0.39, 0.29) is 5.41 Å². The van der Waals surface area contributed by atoms with Gasteiger partial charge in [-0.05, 0) is 12.8 Å². The van der Waals surface area contributed by atoms with Crippen molar-refractivity contribution in [3.63, 3.8) is 0 Å². The Kier molecular flexibility index (Phi) is 1.82. The fourth-order valence-corrected chi connectivity index (χ4v) is 1.68. The van der Waals surface area contributed by atoms with E-state index in [1.54, 1.807) is 7.11 Å². The minimum atomic E-state index is 0.0265. The zero-order valence-electron chi connectivity index (χ0n) is 7.42. The number of hydrogen-bond donors (Lipinski definition) is 0. The summed E-state index contributed by atoms with van der Waals surface area (Å²) < 4.78 is 5.16. The lowest BCUT2D eigenvalue weighted by atomic mass is 10.1. The lowest BCUT2D eigenvalue weighted by Gasteiger charge is -2.39. The van der Waals surface area contributed by atoms with Gasteiger partial charge in [0.2, 0.25) is 0 Å². The van der Waals surface area contributed by atoms with Gasteiger partial charge in [0.15, 0.2) is 0 Å². The summed E-state index contributed by atoms with van der Waals surface area (Å²) in [5, 5.41) is 8.84. The van der Waals surface area contributed by atoms with Gasteiger partial charge in [-0.3, -0.25) is 4.90 Å². The van der Waals surface area contributed by atoms with Gasteiger partial charge in [0.05, 0.1) is 17.6 Å².